The molecule has 0 spiro atoms. The van der Waals surface area contributed by atoms with E-state index in [1.807, 2.05) is 13.0 Å². The zero-order valence-corrected chi connectivity index (χ0v) is 9.43. The lowest BCUT2D eigenvalue weighted by atomic mass is 10.3. The molecule has 0 aliphatic carbocycles. The van der Waals surface area contributed by atoms with Gasteiger partial charge in [-0.15, -0.1) is 11.8 Å². The van der Waals surface area contributed by atoms with Crippen LogP contribution in [0.4, 0.5) is 8.78 Å². The summed E-state index contributed by atoms with van der Waals surface area (Å²) in [5.41, 5.74) is 0.119. The van der Waals surface area contributed by atoms with Crippen molar-refractivity contribution in [3.05, 3.63) is 18.0 Å². The summed E-state index contributed by atoms with van der Waals surface area (Å²) in [4.78, 5) is 4.34. The third-order valence-electron chi connectivity index (χ3n) is 1.67. The van der Waals surface area contributed by atoms with Crippen molar-refractivity contribution in [3.63, 3.8) is 0 Å². The highest BCUT2D eigenvalue weighted by Crippen LogP contribution is 2.29. The third kappa shape index (κ3) is 3.35. The Morgan fingerprint density at radius 3 is 2.88 bits per heavy atom. The normalized spacial score (nSPS) is 10.2. The molecule has 0 bridgehead atoms. The molecule has 0 unspecified atom stereocenters. The molecule has 1 heterocycles. The van der Waals surface area contributed by atoms with Crippen LogP contribution in [-0.4, -0.2) is 17.3 Å². The Morgan fingerprint density at radius 1 is 1.56 bits per heavy atom. The molecule has 16 heavy (non-hydrogen) atoms. The molecule has 6 heteroatoms. The molecule has 0 N–H and O–H groups in total. The Kier molecular flexibility index (Phi) is 4.99. The van der Waals surface area contributed by atoms with Crippen molar-refractivity contribution in [1.29, 1.82) is 5.26 Å². The molecule has 0 radical (unpaired) electrons. The van der Waals surface area contributed by atoms with Gasteiger partial charge in [0, 0.05) is 11.1 Å². The van der Waals surface area contributed by atoms with E-state index in [1.54, 1.807) is 0 Å². The molecule has 86 valence electrons. The Morgan fingerprint density at radius 2 is 2.31 bits per heavy atom. The molecular formula is C10H10F2N2OS. The van der Waals surface area contributed by atoms with Crippen LogP contribution in [0.5, 0.6) is 5.75 Å². The lowest BCUT2D eigenvalue weighted by molar-refractivity contribution is -0.0504. The summed E-state index contributed by atoms with van der Waals surface area (Å²) in [6.07, 6.45) is 3.54. The smallest absolute Gasteiger partial charge is 0.387 e. The average molecular weight is 244 g/mol. The summed E-state index contributed by atoms with van der Waals surface area (Å²) in [6.45, 7) is -0.952. The third-order valence-corrected chi connectivity index (χ3v) is 2.90. The van der Waals surface area contributed by atoms with Crippen molar-refractivity contribution >= 4 is 11.8 Å². The van der Waals surface area contributed by atoms with Crippen LogP contribution in [0.15, 0.2) is 17.3 Å². The number of rotatable bonds is 5. The molecule has 0 amide bonds. The van der Waals surface area contributed by atoms with Crippen LogP contribution < -0.4 is 4.74 Å². The molecule has 0 fully saturated rings. The number of pyridine rings is 1. The van der Waals surface area contributed by atoms with Gasteiger partial charge in [-0.05, 0) is 12.2 Å². The first kappa shape index (κ1) is 12.7. The molecule has 0 saturated carbocycles. The van der Waals surface area contributed by atoms with Crippen molar-refractivity contribution < 1.29 is 13.5 Å². The topological polar surface area (TPSA) is 45.9 Å². The highest BCUT2D eigenvalue weighted by Gasteiger charge is 2.13. The van der Waals surface area contributed by atoms with Crippen LogP contribution in [0.3, 0.4) is 0 Å². The second kappa shape index (κ2) is 6.28. The van der Waals surface area contributed by atoms with E-state index in [4.69, 9.17) is 5.26 Å². The summed E-state index contributed by atoms with van der Waals surface area (Å²) < 4.78 is 28.3. The minimum Gasteiger partial charge on any atom is -0.432 e. The van der Waals surface area contributed by atoms with Crippen LogP contribution >= 0.6 is 11.8 Å². The van der Waals surface area contributed by atoms with E-state index in [0.717, 1.165) is 18.4 Å². The van der Waals surface area contributed by atoms with Gasteiger partial charge in [0.1, 0.15) is 11.6 Å². The van der Waals surface area contributed by atoms with Gasteiger partial charge in [-0.2, -0.15) is 14.0 Å². The maximum absolute atomic E-state index is 12.1. The number of hydrogen-bond acceptors (Lipinski definition) is 4. The molecule has 3 nitrogen and oxygen atoms in total. The van der Waals surface area contributed by atoms with Gasteiger partial charge in [0.15, 0.2) is 5.75 Å². The fraction of sp³-hybridized carbons (Fsp3) is 0.400. The van der Waals surface area contributed by atoms with Crippen molar-refractivity contribution in [3.8, 4) is 11.8 Å². The van der Waals surface area contributed by atoms with Gasteiger partial charge in [0.25, 0.3) is 0 Å². The molecule has 0 saturated heterocycles. The Hall–Kier alpha value is -1.35. The van der Waals surface area contributed by atoms with Gasteiger partial charge < -0.3 is 4.74 Å². The van der Waals surface area contributed by atoms with Crippen LogP contribution in [-0.2, 0) is 0 Å². The fourth-order valence-electron chi connectivity index (χ4n) is 1.04. The molecular weight excluding hydrogens is 234 g/mol. The quantitative estimate of drug-likeness (QED) is 0.747. The molecule has 1 aromatic heterocycles. The van der Waals surface area contributed by atoms with Crippen LogP contribution in [0, 0.1) is 11.3 Å². The second-order valence-corrected chi connectivity index (χ2v) is 3.99. The molecule has 0 aliphatic rings. The molecule has 0 atom stereocenters. The van der Waals surface area contributed by atoms with Crippen LogP contribution in [0.2, 0.25) is 0 Å². The number of nitrogens with zero attached hydrogens (tertiary/aromatic N) is 2. The van der Waals surface area contributed by atoms with E-state index in [0.29, 0.717) is 4.90 Å². The van der Waals surface area contributed by atoms with E-state index in [2.05, 4.69) is 9.72 Å². The minimum atomic E-state index is -2.94. The first-order valence-corrected chi connectivity index (χ1v) is 5.63. The predicted octanol–water partition coefficient (Wildman–Crippen LogP) is 3.06. The first-order valence-electron chi connectivity index (χ1n) is 4.64. The summed E-state index contributed by atoms with van der Waals surface area (Å²) in [7, 11) is 0. The van der Waals surface area contributed by atoms with Gasteiger partial charge in [-0.1, -0.05) is 6.92 Å². The van der Waals surface area contributed by atoms with Crippen molar-refractivity contribution in [2.75, 3.05) is 5.75 Å². The number of ether oxygens (including phenoxy) is 1. The largest absolute Gasteiger partial charge is 0.432 e. The van der Waals surface area contributed by atoms with Gasteiger partial charge in [0.2, 0.25) is 0 Å². The number of nitriles is 1. The molecule has 0 aliphatic heterocycles. The predicted molar refractivity (Wildman–Crippen MR) is 56.6 cm³/mol. The van der Waals surface area contributed by atoms with Gasteiger partial charge in [-0.3, -0.25) is 4.98 Å². The first-order chi connectivity index (χ1) is 7.69. The van der Waals surface area contributed by atoms with Gasteiger partial charge >= 0.3 is 6.61 Å². The van der Waals surface area contributed by atoms with Crippen LogP contribution in [0.1, 0.15) is 18.9 Å². The Balaban J connectivity index is 2.97. The van der Waals surface area contributed by atoms with Crippen molar-refractivity contribution in [1.82, 2.24) is 4.98 Å². The highest BCUT2D eigenvalue weighted by atomic mass is 32.2. The average Bonchev–Trinajstić information content (AvgIpc) is 2.25. The van der Waals surface area contributed by atoms with Crippen molar-refractivity contribution in [2.45, 2.75) is 24.9 Å². The standard InChI is InChI=1S/C10H10F2N2OS/c1-2-3-16-9-6-14-5-8(7(9)4-13)15-10(11)12/h5-6,10H,2-3H2,1H3. The lowest BCUT2D eigenvalue weighted by Crippen LogP contribution is -2.04. The summed E-state index contributed by atoms with van der Waals surface area (Å²) in [5, 5.41) is 8.90. The SMILES string of the molecule is CCCSc1cncc(OC(F)F)c1C#N. The molecule has 0 aromatic carbocycles. The maximum atomic E-state index is 12.1. The van der Waals surface area contributed by atoms with Crippen molar-refractivity contribution in [2.24, 2.45) is 0 Å². The maximum Gasteiger partial charge on any atom is 0.387 e. The fourth-order valence-corrected chi connectivity index (χ4v) is 1.89. The highest BCUT2D eigenvalue weighted by molar-refractivity contribution is 7.99. The number of hydrogen-bond donors (Lipinski definition) is 0. The molecule has 1 rings (SSSR count). The number of halogens is 2. The lowest BCUT2D eigenvalue weighted by Gasteiger charge is -2.08. The number of thioether (sulfide) groups is 1. The molecule has 1 aromatic rings. The van der Waals surface area contributed by atoms with Gasteiger partial charge in [0.05, 0.1) is 6.20 Å². The zero-order chi connectivity index (χ0) is 12.0. The minimum absolute atomic E-state index is 0.119. The van der Waals surface area contributed by atoms with E-state index in [1.165, 1.54) is 18.0 Å². The van der Waals surface area contributed by atoms with E-state index < -0.39 is 6.61 Å². The summed E-state index contributed by atoms with van der Waals surface area (Å²) >= 11 is 1.40. The monoisotopic (exact) mass is 244 g/mol. The van der Waals surface area contributed by atoms with E-state index >= 15 is 0 Å². The summed E-state index contributed by atoms with van der Waals surface area (Å²) in [6, 6.07) is 1.86. The number of aromatic nitrogens is 1. The van der Waals surface area contributed by atoms with E-state index in [9.17, 15) is 8.78 Å². The Labute approximate surface area is 96.4 Å². The van der Waals surface area contributed by atoms with Crippen LogP contribution in [0.25, 0.3) is 0 Å². The van der Waals surface area contributed by atoms with E-state index in [-0.39, 0.29) is 11.3 Å². The number of alkyl halides is 2. The second-order valence-electron chi connectivity index (χ2n) is 2.85. The van der Waals surface area contributed by atoms with Gasteiger partial charge in [-0.25, -0.2) is 0 Å². The Bertz CT molecular complexity index is 393. The zero-order valence-electron chi connectivity index (χ0n) is 8.61. The summed E-state index contributed by atoms with van der Waals surface area (Å²) in [5.74, 6) is 0.632.